The third-order valence-electron chi connectivity index (χ3n) is 5.87. The maximum absolute atomic E-state index is 13.0. The zero-order chi connectivity index (χ0) is 15.5. The summed E-state index contributed by atoms with van der Waals surface area (Å²) in [5.74, 6) is 2.42. The molecule has 22 heavy (non-hydrogen) atoms. The lowest BCUT2D eigenvalue weighted by Crippen LogP contribution is -2.51. The average molecular weight is 430 g/mol. The van der Waals surface area contributed by atoms with E-state index in [1.54, 1.807) is 6.20 Å². The standard InChI is InChI=1S/C16H18Br2N2O2/c17-12-7-19-20(15(22)14(12)18)8-13(21)16-4-9-1-10(5-16)3-11(2-9)6-16/h7,9-11H,1-6,8H2. The molecule has 4 aliphatic rings. The number of Topliss-reactive ketones (excluding diaryl/α,β-unsaturated/α-hetero) is 1. The summed E-state index contributed by atoms with van der Waals surface area (Å²) < 4.78 is 2.35. The second-order valence-corrected chi connectivity index (χ2v) is 9.04. The Hall–Kier alpha value is -0.490. The Balaban J connectivity index is 1.61. The lowest BCUT2D eigenvalue weighted by atomic mass is 9.48. The van der Waals surface area contributed by atoms with Crippen LogP contribution in [0.1, 0.15) is 38.5 Å². The fraction of sp³-hybridized carbons (Fsp3) is 0.688. The summed E-state index contributed by atoms with van der Waals surface area (Å²) in [6.07, 6.45) is 8.61. The highest BCUT2D eigenvalue weighted by molar-refractivity contribution is 9.13. The van der Waals surface area contributed by atoms with Gasteiger partial charge in [0.1, 0.15) is 11.0 Å². The van der Waals surface area contributed by atoms with Crippen molar-refractivity contribution in [3.63, 3.8) is 0 Å². The molecule has 4 nitrogen and oxygen atoms in total. The van der Waals surface area contributed by atoms with Crippen LogP contribution in [0.3, 0.4) is 0 Å². The Morgan fingerprint density at radius 3 is 2.27 bits per heavy atom. The van der Waals surface area contributed by atoms with Crippen LogP contribution in [0.15, 0.2) is 19.9 Å². The first kappa shape index (κ1) is 15.1. The Bertz CT molecular complexity index is 663. The predicted molar refractivity (Wildman–Crippen MR) is 89.5 cm³/mol. The molecule has 4 fully saturated rings. The fourth-order valence-electron chi connectivity index (χ4n) is 5.31. The summed E-state index contributed by atoms with van der Waals surface area (Å²) in [5.41, 5.74) is -0.414. The molecule has 0 unspecified atom stereocenters. The maximum Gasteiger partial charge on any atom is 0.282 e. The average Bonchev–Trinajstić information content (AvgIpc) is 2.46. The molecule has 1 aromatic rings. The monoisotopic (exact) mass is 428 g/mol. The highest BCUT2D eigenvalue weighted by Crippen LogP contribution is 2.60. The van der Waals surface area contributed by atoms with Gasteiger partial charge in [-0.05, 0) is 88.1 Å². The third kappa shape index (κ3) is 2.33. The Labute approximate surface area is 145 Å². The summed E-state index contributed by atoms with van der Waals surface area (Å²) >= 11 is 6.52. The van der Waals surface area contributed by atoms with Crippen molar-refractivity contribution in [2.75, 3.05) is 0 Å². The highest BCUT2D eigenvalue weighted by atomic mass is 79.9. The van der Waals surface area contributed by atoms with Crippen molar-refractivity contribution >= 4 is 37.6 Å². The Morgan fingerprint density at radius 2 is 1.73 bits per heavy atom. The molecule has 4 saturated carbocycles. The van der Waals surface area contributed by atoms with E-state index >= 15 is 0 Å². The molecule has 1 aromatic heterocycles. The summed E-state index contributed by atoms with van der Waals surface area (Å²) in [6.45, 7) is 0.108. The Morgan fingerprint density at radius 1 is 1.18 bits per heavy atom. The van der Waals surface area contributed by atoms with E-state index in [0.29, 0.717) is 8.95 Å². The molecule has 4 bridgehead atoms. The number of ketones is 1. The van der Waals surface area contributed by atoms with Crippen molar-refractivity contribution in [2.24, 2.45) is 23.2 Å². The molecule has 0 saturated heterocycles. The quantitative estimate of drug-likeness (QED) is 0.738. The predicted octanol–water partition coefficient (Wildman–Crippen LogP) is 3.55. The summed E-state index contributed by atoms with van der Waals surface area (Å²) in [4.78, 5) is 25.2. The summed E-state index contributed by atoms with van der Waals surface area (Å²) in [5, 5.41) is 4.11. The lowest BCUT2D eigenvalue weighted by Gasteiger charge is -2.55. The zero-order valence-electron chi connectivity index (χ0n) is 12.2. The third-order valence-corrected chi connectivity index (χ3v) is 7.77. The Kier molecular flexibility index (Phi) is 3.60. The molecule has 4 aliphatic carbocycles. The van der Waals surface area contributed by atoms with Crippen molar-refractivity contribution < 1.29 is 4.79 Å². The maximum atomic E-state index is 13.0. The lowest BCUT2D eigenvalue weighted by molar-refractivity contribution is -0.144. The van der Waals surface area contributed by atoms with Crippen LogP contribution < -0.4 is 5.56 Å². The van der Waals surface area contributed by atoms with Gasteiger partial charge in [0.2, 0.25) is 0 Å². The minimum Gasteiger partial charge on any atom is -0.297 e. The van der Waals surface area contributed by atoms with Crippen LogP contribution in [0, 0.1) is 23.2 Å². The van der Waals surface area contributed by atoms with E-state index in [4.69, 9.17) is 0 Å². The van der Waals surface area contributed by atoms with Gasteiger partial charge in [-0.3, -0.25) is 9.59 Å². The molecule has 5 rings (SSSR count). The van der Waals surface area contributed by atoms with Gasteiger partial charge >= 0.3 is 0 Å². The number of rotatable bonds is 3. The summed E-state index contributed by atoms with van der Waals surface area (Å²) in [7, 11) is 0. The van der Waals surface area contributed by atoms with E-state index < -0.39 is 0 Å². The number of halogens is 2. The number of carbonyl (C=O) groups is 1. The normalized spacial score (nSPS) is 35.8. The largest absolute Gasteiger partial charge is 0.297 e. The number of carbonyl (C=O) groups excluding carboxylic acids is 1. The summed E-state index contributed by atoms with van der Waals surface area (Å²) in [6, 6.07) is 0. The number of hydrogen-bond acceptors (Lipinski definition) is 3. The number of aromatic nitrogens is 2. The number of hydrogen-bond donors (Lipinski definition) is 0. The minimum atomic E-state index is -0.243. The molecule has 0 radical (unpaired) electrons. The van der Waals surface area contributed by atoms with Gasteiger partial charge in [0.05, 0.1) is 10.7 Å². The van der Waals surface area contributed by atoms with Crippen molar-refractivity contribution in [1.29, 1.82) is 0 Å². The SMILES string of the molecule is O=C(Cn1ncc(Br)c(Br)c1=O)C12CC3CC(CC(C3)C1)C2. The molecular weight excluding hydrogens is 412 g/mol. The molecule has 0 amide bonds. The molecule has 6 heteroatoms. The van der Waals surface area contributed by atoms with Crippen molar-refractivity contribution in [3.8, 4) is 0 Å². The fourth-order valence-corrected chi connectivity index (χ4v) is 5.88. The first-order valence-electron chi connectivity index (χ1n) is 7.91. The van der Waals surface area contributed by atoms with Crippen LogP contribution >= 0.6 is 31.9 Å². The van der Waals surface area contributed by atoms with Gasteiger partial charge in [0.15, 0.2) is 5.78 Å². The van der Waals surface area contributed by atoms with E-state index in [-0.39, 0.29) is 23.3 Å². The molecule has 1 heterocycles. The minimum absolute atomic E-state index is 0.108. The van der Waals surface area contributed by atoms with E-state index in [0.717, 1.165) is 37.0 Å². The van der Waals surface area contributed by atoms with Gasteiger partial charge in [0, 0.05) is 5.41 Å². The first-order chi connectivity index (χ1) is 10.5. The smallest absolute Gasteiger partial charge is 0.282 e. The second kappa shape index (κ2) is 5.26. The van der Waals surface area contributed by atoms with Crippen molar-refractivity contribution in [1.82, 2.24) is 9.78 Å². The molecule has 0 N–H and O–H groups in total. The van der Waals surface area contributed by atoms with Crippen LogP contribution in [0.4, 0.5) is 0 Å². The van der Waals surface area contributed by atoms with Gasteiger partial charge in [-0.25, -0.2) is 4.68 Å². The van der Waals surface area contributed by atoms with Crippen molar-refractivity contribution in [3.05, 3.63) is 25.5 Å². The van der Waals surface area contributed by atoms with E-state index in [1.807, 2.05) is 0 Å². The second-order valence-electron chi connectivity index (χ2n) is 7.39. The molecule has 0 aliphatic heterocycles. The van der Waals surface area contributed by atoms with Crippen LogP contribution in [0.25, 0.3) is 0 Å². The molecule has 118 valence electrons. The van der Waals surface area contributed by atoms with Gasteiger partial charge in [-0.15, -0.1) is 0 Å². The van der Waals surface area contributed by atoms with Crippen LogP contribution in [0.2, 0.25) is 0 Å². The zero-order valence-corrected chi connectivity index (χ0v) is 15.4. The highest BCUT2D eigenvalue weighted by Gasteiger charge is 2.54. The van der Waals surface area contributed by atoms with Crippen LogP contribution in [0.5, 0.6) is 0 Å². The van der Waals surface area contributed by atoms with Gasteiger partial charge in [-0.2, -0.15) is 5.10 Å². The molecule has 0 spiro atoms. The molecule has 0 atom stereocenters. The van der Waals surface area contributed by atoms with E-state index in [2.05, 4.69) is 37.0 Å². The molecular formula is C16H18Br2N2O2. The van der Waals surface area contributed by atoms with E-state index in [9.17, 15) is 9.59 Å². The topological polar surface area (TPSA) is 52.0 Å². The molecule has 0 aromatic carbocycles. The van der Waals surface area contributed by atoms with Gasteiger partial charge in [-0.1, -0.05) is 0 Å². The number of nitrogens with zero attached hydrogens (tertiary/aromatic N) is 2. The van der Waals surface area contributed by atoms with E-state index in [1.165, 1.54) is 23.9 Å². The van der Waals surface area contributed by atoms with Gasteiger partial charge in [0.25, 0.3) is 5.56 Å². The van der Waals surface area contributed by atoms with Crippen LogP contribution in [-0.4, -0.2) is 15.6 Å². The van der Waals surface area contributed by atoms with Gasteiger partial charge < -0.3 is 0 Å². The van der Waals surface area contributed by atoms with Crippen LogP contribution in [-0.2, 0) is 11.3 Å². The first-order valence-corrected chi connectivity index (χ1v) is 9.50. The van der Waals surface area contributed by atoms with Crippen molar-refractivity contribution in [2.45, 2.75) is 45.1 Å².